The Bertz CT molecular complexity index is 393. The zero-order valence-corrected chi connectivity index (χ0v) is 10.4. The highest BCUT2D eigenvalue weighted by molar-refractivity contribution is 5.96. The molecule has 94 valence electrons. The molecule has 0 fully saturated rings. The summed E-state index contributed by atoms with van der Waals surface area (Å²) in [4.78, 5) is 13.5. The van der Waals surface area contributed by atoms with E-state index >= 15 is 0 Å². The molecule has 1 aromatic carbocycles. The number of aromatic hydroxyl groups is 1. The Morgan fingerprint density at radius 3 is 2.76 bits per heavy atom. The van der Waals surface area contributed by atoms with Crippen molar-refractivity contribution in [2.24, 2.45) is 0 Å². The molecule has 2 N–H and O–H groups in total. The van der Waals surface area contributed by atoms with Gasteiger partial charge in [0.1, 0.15) is 11.5 Å². The molecule has 0 heterocycles. The molecule has 1 amide bonds. The van der Waals surface area contributed by atoms with Crippen molar-refractivity contribution in [3.63, 3.8) is 0 Å². The Morgan fingerprint density at radius 2 is 2.24 bits per heavy atom. The van der Waals surface area contributed by atoms with Crippen LogP contribution < -0.4 is 10.1 Å². The average Bonchev–Trinajstić information content (AvgIpc) is 2.34. The number of phenols is 1. The number of hydrogen-bond donors (Lipinski definition) is 2. The van der Waals surface area contributed by atoms with Crippen molar-refractivity contribution in [3.8, 4) is 11.5 Å². The average molecular weight is 238 g/mol. The van der Waals surface area contributed by atoms with E-state index in [2.05, 4.69) is 5.32 Å². The Balaban J connectivity index is 2.81. The molecule has 17 heavy (non-hydrogen) atoms. The van der Waals surface area contributed by atoms with Crippen LogP contribution in [0.25, 0.3) is 0 Å². The topological polar surface area (TPSA) is 61.8 Å². The van der Waals surface area contributed by atoms with Gasteiger partial charge >= 0.3 is 0 Å². The minimum absolute atomic E-state index is 0.0642. The number of amides is 1. The molecule has 0 bridgehead atoms. The van der Waals surface area contributed by atoms with Gasteiger partial charge in [-0.05, 0) is 19.2 Å². The fourth-order valence-corrected chi connectivity index (χ4v) is 1.41. The number of ether oxygens (including phenoxy) is 1. The second-order valence-electron chi connectivity index (χ2n) is 3.71. The number of carbonyl (C=O) groups is 1. The molecule has 0 aliphatic rings. The number of carbonyl (C=O) groups excluding carboxylic acids is 1. The minimum Gasteiger partial charge on any atom is -0.507 e. The fourth-order valence-electron chi connectivity index (χ4n) is 1.41. The van der Waals surface area contributed by atoms with Crippen molar-refractivity contribution in [1.29, 1.82) is 0 Å². The highest BCUT2D eigenvalue weighted by Gasteiger charge is 2.15. The van der Waals surface area contributed by atoms with Gasteiger partial charge in [0.25, 0.3) is 5.91 Å². The van der Waals surface area contributed by atoms with Crippen LogP contribution in [-0.2, 0) is 0 Å². The van der Waals surface area contributed by atoms with E-state index < -0.39 is 0 Å². The summed E-state index contributed by atoms with van der Waals surface area (Å²) >= 11 is 0. The van der Waals surface area contributed by atoms with Gasteiger partial charge in [-0.2, -0.15) is 0 Å². The number of methoxy groups -OCH3 is 1. The second kappa shape index (κ2) is 6.10. The summed E-state index contributed by atoms with van der Waals surface area (Å²) < 4.78 is 4.96. The molecule has 1 rings (SSSR count). The van der Waals surface area contributed by atoms with E-state index in [0.717, 1.165) is 0 Å². The second-order valence-corrected chi connectivity index (χ2v) is 3.71. The highest BCUT2D eigenvalue weighted by Crippen LogP contribution is 2.24. The lowest BCUT2D eigenvalue weighted by Crippen LogP contribution is -2.32. The smallest absolute Gasteiger partial charge is 0.257 e. The summed E-state index contributed by atoms with van der Waals surface area (Å²) in [7, 11) is 5.03. The Labute approximate surface area is 101 Å². The lowest BCUT2D eigenvalue weighted by atomic mass is 10.1. The predicted molar refractivity (Wildman–Crippen MR) is 65.5 cm³/mol. The fraction of sp³-hybridized carbons (Fsp3) is 0.417. The summed E-state index contributed by atoms with van der Waals surface area (Å²) in [5.74, 6) is 0.253. The molecule has 0 radical (unpaired) electrons. The molecule has 0 saturated heterocycles. The van der Waals surface area contributed by atoms with Crippen molar-refractivity contribution < 1.29 is 14.6 Å². The van der Waals surface area contributed by atoms with E-state index in [1.54, 1.807) is 24.1 Å². The van der Waals surface area contributed by atoms with Crippen LogP contribution in [0, 0.1) is 0 Å². The van der Waals surface area contributed by atoms with E-state index in [1.165, 1.54) is 13.2 Å². The van der Waals surface area contributed by atoms with Gasteiger partial charge in [0, 0.05) is 26.2 Å². The molecule has 0 aliphatic heterocycles. The van der Waals surface area contributed by atoms with E-state index in [0.29, 0.717) is 18.8 Å². The first-order valence-corrected chi connectivity index (χ1v) is 5.37. The molecule has 1 aromatic rings. The van der Waals surface area contributed by atoms with E-state index in [-0.39, 0.29) is 17.2 Å². The van der Waals surface area contributed by atoms with Crippen molar-refractivity contribution in [1.82, 2.24) is 10.2 Å². The Hall–Kier alpha value is -1.75. The van der Waals surface area contributed by atoms with Crippen LogP contribution in [0.3, 0.4) is 0 Å². The third-order valence-corrected chi connectivity index (χ3v) is 2.48. The number of nitrogens with zero attached hydrogens (tertiary/aromatic N) is 1. The van der Waals surface area contributed by atoms with Gasteiger partial charge in [-0.25, -0.2) is 0 Å². The van der Waals surface area contributed by atoms with Crippen LogP contribution in [0.1, 0.15) is 10.4 Å². The molecule has 0 aromatic heterocycles. The maximum Gasteiger partial charge on any atom is 0.257 e. The highest BCUT2D eigenvalue weighted by atomic mass is 16.5. The summed E-state index contributed by atoms with van der Waals surface area (Å²) in [5, 5.41) is 12.7. The van der Waals surface area contributed by atoms with Gasteiger partial charge in [-0.1, -0.05) is 0 Å². The van der Waals surface area contributed by atoms with Gasteiger partial charge in [0.15, 0.2) is 0 Å². The lowest BCUT2D eigenvalue weighted by Gasteiger charge is -2.17. The summed E-state index contributed by atoms with van der Waals surface area (Å²) in [6, 6.07) is 4.64. The van der Waals surface area contributed by atoms with Crippen molar-refractivity contribution in [2.75, 3.05) is 34.3 Å². The maximum absolute atomic E-state index is 12.0. The summed E-state index contributed by atoms with van der Waals surface area (Å²) in [6.07, 6.45) is 0. The zero-order valence-electron chi connectivity index (χ0n) is 10.4. The Morgan fingerprint density at radius 1 is 1.53 bits per heavy atom. The standard InChI is InChI=1S/C12H18N2O3/c1-13-6-7-14(2)12(16)10-5-4-9(17-3)8-11(10)15/h4-5,8,13,15H,6-7H2,1-3H3. The molecule has 5 nitrogen and oxygen atoms in total. The first kappa shape index (κ1) is 13.3. The van der Waals surface area contributed by atoms with Crippen molar-refractivity contribution in [2.45, 2.75) is 0 Å². The minimum atomic E-state index is -0.208. The summed E-state index contributed by atoms with van der Waals surface area (Å²) in [5.41, 5.74) is 0.282. The van der Waals surface area contributed by atoms with Gasteiger partial charge in [0.05, 0.1) is 12.7 Å². The van der Waals surface area contributed by atoms with Crippen LogP contribution in [0.2, 0.25) is 0 Å². The monoisotopic (exact) mass is 238 g/mol. The SMILES string of the molecule is CNCCN(C)C(=O)c1ccc(OC)cc1O. The number of phenolic OH excluding ortho intramolecular Hbond substituents is 1. The van der Waals surface area contributed by atoms with Gasteiger partial charge in [0.2, 0.25) is 0 Å². The molecule has 5 heteroatoms. The molecule has 0 atom stereocenters. The number of hydrogen-bond acceptors (Lipinski definition) is 4. The van der Waals surface area contributed by atoms with Crippen LogP contribution in [0.5, 0.6) is 11.5 Å². The lowest BCUT2D eigenvalue weighted by molar-refractivity contribution is 0.0794. The Kier molecular flexibility index (Phi) is 4.78. The van der Waals surface area contributed by atoms with Crippen LogP contribution in [0.15, 0.2) is 18.2 Å². The number of benzene rings is 1. The summed E-state index contributed by atoms with van der Waals surface area (Å²) in [6.45, 7) is 1.29. The molecule has 0 unspecified atom stereocenters. The molecule has 0 spiro atoms. The van der Waals surface area contributed by atoms with Crippen LogP contribution >= 0.6 is 0 Å². The third kappa shape index (κ3) is 3.35. The molecular formula is C12H18N2O3. The van der Waals surface area contributed by atoms with Gasteiger partial charge in [-0.3, -0.25) is 4.79 Å². The van der Waals surface area contributed by atoms with Crippen LogP contribution in [0.4, 0.5) is 0 Å². The number of likely N-dealkylation sites (N-methyl/N-ethyl adjacent to an activating group) is 2. The van der Waals surface area contributed by atoms with E-state index in [4.69, 9.17) is 4.74 Å². The zero-order chi connectivity index (χ0) is 12.8. The van der Waals surface area contributed by atoms with E-state index in [1.807, 2.05) is 7.05 Å². The first-order valence-electron chi connectivity index (χ1n) is 5.37. The first-order chi connectivity index (χ1) is 8.10. The van der Waals surface area contributed by atoms with Crippen molar-refractivity contribution >= 4 is 5.91 Å². The van der Waals surface area contributed by atoms with Crippen molar-refractivity contribution in [3.05, 3.63) is 23.8 Å². The number of rotatable bonds is 5. The quantitative estimate of drug-likeness (QED) is 0.792. The normalized spacial score (nSPS) is 10.1. The third-order valence-electron chi connectivity index (χ3n) is 2.48. The van der Waals surface area contributed by atoms with Gasteiger partial charge in [-0.15, -0.1) is 0 Å². The van der Waals surface area contributed by atoms with Gasteiger partial charge < -0.3 is 20.1 Å². The predicted octanol–water partition coefficient (Wildman–Crippen LogP) is 0.692. The molecule has 0 saturated carbocycles. The van der Waals surface area contributed by atoms with E-state index in [9.17, 15) is 9.90 Å². The molecule has 0 aliphatic carbocycles. The maximum atomic E-state index is 12.0. The number of nitrogens with one attached hydrogen (secondary N) is 1. The largest absolute Gasteiger partial charge is 0.507 e. The molecular weight excluding hydrogens is 220 g/mol. The van der Waals surface area contributed by atoms with Crippen LogP contribution in [-0.4, -0.2) is 50.2 Å².